The van der Waals surface area contributed by atoms with Crippen molar-refractivity contribution in [3.8, 4) is 11.8 Å². The number of carbonyl (C=O) groups is 1. The lowest BCUT2D eigenvalue weighted by atomic mass is 9.49. The summed E-state index contributed by atoms with van der Waals surface area (Å²) in [5, 5.41) is 22.0. The second kappa shape index (κ2) is 9.46. The van der Waals surface area contributed by atoms with E-state index >= 15 is 0 Å². The summed E-state index contributed by atoms with van der Waals surface area (Å²) in [4.78, 5) is 13.1. The summed E-state index contributed by atoms with van der Waals surface area (Å²) in [5.41, 5.74) is 1.53. The Hall–Kier alpha value is -2.59. The molecule has 0 radical (unpaired) electrons. The average molecular weight is 497 g/mol. The Morgan fingerprint density at radius 3 is 2.34 bits per heavy atom. The zero-order valence-corrected chi connectivity index (χ0v) is 21.5. The Morgan fingerprint density at radius 2 is 1.83 bits per heavy atom. The molecule has 2 aromatic carbocycles. The van der Waals surface area contributed by atoms with Crippen molar-refractivity contribution in [3.05, 3.63) is 64.2 Å². The number of nitriles is 1. The standard InChI is InChI=1S/C28H33ClN2O4/c1-26(2)24(27(3,4)25(26)35-21-10-9-20(15-30)22(29)13-21)31-23(33)19-7-5-18(6-8-19)14-28(11-12-32)16-34-17-28/h5-10,13,24-25,32H,11-12,14,16-17H2,1-4H3,(H,31,33). The highest BCUT2D eigenvalue weighted by Gasteiger charge is 2.64. The Kier molecular flexibility index (Phi) is 6.89. The molecule has 0 spiro atoms. The van der Waals surface area contributed by atoms with E-state index in [1.165, 1.54) is 0 Å². The van der Waals surface area contributed by atoms with Gasteiger partial charge in [0.1, 0.15) is 17.9 Å². The molecule has 2 fully saturated rings. The summed E-state index contributed by atoms with van der Waals surface area (Å²) in [6.45, 7) is 9.83. The minimum absolute atomic E-state index is 0.00662. The van der Waals surface area contributed by atoms with Crippen LogP contribution < -0.4 is 10.1 Å². The zero-order chi connectivity index (χ0) is 25.4. The summed E-state index contributed by atoms with van der Waals surface area (Å²) in [6.07, 6.45) is 1.40. The van der Waals surface area contributed by atoms with Gasteiger partial charge in [0.25, 0.3) is 5.91 Å². The molecule has 0 unspecified atom stereocenters. The number of hydrogen-bond donors (Lipinski definition) is 2. The number of benzene rings is 2. The van der Waals surface area contributed by atoms with Crippen molar-refractivity contribution in [2.24, 2.45) is 16.2 Å². The third-order valence-corrected chi connectivity index (χ3v) is 8.00. The van der Waals surface area contributed by atoms with E-state index in [4.69, 9.17) is 26.3 Å². The van der Waals surface area contributed by atoms with Gasteiger partial charge in [0, 0.05) is 40.5 Å². The predicted octanol–water partition coefficient (Wildman–Crippen LogP) is 4.77. The van der Waals surface area contributed by atoms with E-state index in [0.717, 1.165) is 18.4 Å². The molecule has 4 rings (SSSR count). The molecule has 2 aromatic rings. The Morgan fingerprint density at radius 1 is 1.17 bits per heavy atom. The summed E-state index contributed by atoms with van der Waals surface area (Å²) in [5.74, 6) is 0.496. The highest BCUT2D eigenvalue weighted by atomic mass is 35.5. The van der Waals surface area contributed by atoms with E-state index in [9.17, 15) is 9.90 Å². The van der Waals surface area contributed by atoms with Gasteiger partial charge in [-0.2, -0.15) is 5.26 Å². The molecule has 186 valence electrons. The van der Waals surface area contributed by atoms with Crippen LogP contribution in [0.3, 0.4) is 0 Å². The lowest BCUT2D eigenvalue weighted by Crippen LogP contribution is -2.74. The molecule has 1 saturated carbocycles. The van der Waals surface area contributed by atoms with E-state index in [0.29, 0.717) is 35.1 Å². The van der Waals surface area contributed by atoms with Crippen molar-refractivity contribution in [1.82, 2.24) is 5.32 Å². The van der Waals surface area contributed by atoms with Crippen molar-refractivity contribution >= 4 is 17.5 Å². The van der Waals surface area contributed by atoms with Crippen LogP contribution in [-0.2, 0) is 11.2 Å². The molecular formula is C28H33ClN2O4. The van der Waals surface area contributed by atoms with Gasteiger partial charge in [-0.15, -0.1) is 0 Å². The number of carbonyl (C=O) groups excluding carboxylic acids is 1. The van der Waals surface area contributed by atoms with Crippen LogP contribution in [0.1, 0.15) is 55.6 Å². The van der Waals surface area contributed by atoms with Crippen LogP contribution in [0, 0.1) is 27.6 Å². The summed E-state index contributed by atoms with van der Waals surface area (Å²) in [7, 11) is 0. The summed E-state index contributed by atoms with van der Waals surface area (Å²) in [6, 6.07) is 14.7. The SMILES string of the molecule is CC1(C)C(NC(=O)c2ccc(CC3(CCO)COC3)cc2)C(C)(C)C1Oc1ccc(C#N)c(Cl)c1. The number of nitrogens with one attached hydrogen (secondary N) is 1. The molecule has 0 bridgehead atoms. The van der Waals surface area contributed by atoms with E-state index in [-0.39, 0.29) is 40.9 Å². The molecule has 0 aromatic heterocycles. The van der Waals surface area contributed by atoms with Gasteiger partial charge < -0.3 is 19.9 Å². The van der Waals surface area contributed by atoms with Crippen molar-refractivity contribution in [2.45, 2.75) is 52.7 Å². The maximum absolute atomic E-state index is 13.1. The van der Waals surface area contributed by atoms with E-state index < -0.39 is 0 Å². The quantitative estimate of drug-likeness (QED) is 0.549. The molecule has 35 heavy (non-hydrogen) atoms. The molecule has 1 aliphatic carbocycles. The smallest absolute Gasteiger partial charge is 0.251 e. The Balaban J connectivity index is 1.41. The van der Waals surface area contributed by atoms with Gasteiger partial charge in [0.05, 0.1) is 23.8 Å². The largest absolute Gasteiger partial charge is 0.489 e. The maximum Gasteiger partial charge on any atom is 0.251 e. The first-order chi connectivity index (χ1) is 16.5. The molecule has 2 aliphatic rings. The first-order valence-corrected chi connectivity index (χ1v) is 12.3. The highest BCUT2D eigenvalue weighted by molar-refractivity contribution is 6.31. The topological polar surface area (TPSA) is 91.6 Å². The van der Waals surface area contributed by atoms with Crippen LogP contribution in [0.15, 0.2) is 42.5 Å². The van der Waals surface area contributed by atoms with Crippen molar-refractivity contribution in [1.29, 1.82) is 5.26 Å². The van der Waals surface area contributed by atoms with Crippen LogP contribution in [0.25, 0.3) is 0 Å². The van der Waals surface area contributed by atoms with Gasteiger partial charge in [0.15, 0.2) is 0 Å². The Bertz CT molecular complexity index is 1120. The third kappa shape index (κ3) is 4.78. The number of ether oxygens (including phenoxy) is 2. The number of hydrogen-bond acceptors (Lipinski definition) is 5. The molecule has 1 aliphatic heterocycles. The minimum atomic E-state index is -0.319. The lowest BCUT2D eigenvalue weighted by molar-refractivity contribution is -0.164. The van der Waals surface area contributed by atoms with E-state index in [2.05, 4.69) is 39.1 Å². The first-order valence-electron chi connectivity index (χ1n) is 12.0. The Labute approximate surface area is 212 Å². The second-order valence-corrected chi connectivity index (χ2v) is 11.5. The molecule has 7 heteroatoms. The molecule has 0 atom stereocenters. The number of halogens is 1. The first kappa shape index (κ1) is 25.5. The molecule has 1 saturated heterocycles. The van der Waals surface area contributed by atoms with Gasteiger partial charge in [-0.25, -0.2) is 0 Å². The van der Waals surface area contributed by atoms with Crippen LogP contribution in [0.4, 0.5) is 0 Å². The lowest BCUT2D eigenvalue weighted by Gasteiger charge is -2.63. The maximum atomic E-state index is 13.1. The molecule has 2 N–H and O–H groups in total. The van der Waals surface area contributed by atoms with Gasteiger partial charge in [-0.05, 0) is 42.7 Å². The second-order valence-electron chi connectivity index (χ2n) is 11.1. The van der Waals surface area contributed by atoms with Gasteiger partial charge >= 0.3 is 0 Å². The number of aliphatic hydroxyl groups is 1. The minimum Gasteiger partial charge on any atom is -0.489 e. The van der Waals surface area contributed by atoms with Gasteiger partial charge in [-0.3, -0.25) is 4.79 Å². The average Bonchev–Trinajstić information content (AvgIpc) is 2.79. The summed E-state index contributed by atoms with van der Waals surface area (Å²) >= 11 is 6.18. The van der Waals surface area contributed by atoms with Crippen LogP contribution >= 0.6 is 11.6 Å². The molecule has 1 heterocycles. The number of amides is 1. The van der Waals surface area contributed by atoms with Gasteiger partial charge in [-0.1, -0.05) is 51.4 Å². The number of nitrogens with zero attached hydrogens (tertiary/aromatic N) is 1. The van der Waals surface area contributed by atoms with Gasteiger partial charge in [0.2, 0.25) is 0 Å². The zero-order valence-electron chi connectivity index (χ0n) is 20.7. The fraction of sp³-hybridized carbons (Fsp3) is 0.500. The van der Waals surface area contributed by atoms with E-state index in [1.807, 2.05) is 24.3 Å². The summed E-state index contributed by atoms with van der Waals surface area (Å²) < 4.78 is 11.7. The van der Waals surface area contributed by atoms with Crippen molar-refractivity contribution < 1.29 is 19.4 Å². The molecule has 1 amide bonds. The van der Waals surface area contributed by atoms with Crippen LogP contribution in [0.5, 0.6) is 5.75 Å². The normalized spacial score (nSPS) is 23.3. The fourth-order valence-corrected chi connectivity index (χ4v) is 6.19. The third-order valence-electron chi connectivity index (χ3n) is 7.68. The van der Waals surface area contributed by atoms with Crippen molar-refractivity contribution in [3.63, 3.8) is 0 Å². The highest BCUT2D eigenvalue weighted by Crippen LogP contribution is 2.55. The number of rotatable bonds is 8. The number of aliphatic hydroxyl groups excluding tert-OH is 1. The fourth-order valence-electron chi connectivity index (χ4n) is 5.98. The van der Waals surface area contributed by atoms with Crippen LogP contribution in [-0.4, -0.2) is 43.0 Å². The molecule has 6 nitrogen and oxygen atoms in total. The van der Waals surface area contributed by atoms with Crippen molar-refractivity contribution in [2.75, 3.05) is 19.8 Å². The predicted molar refractivity (Wildman–Crippen MR) is 134 cm³/mol. The monoisotopic (exact) mass is 496 g/mol. The van der Waals surface area contributed by atoms with E-state index in [1.54, 1.807) is 18.2 Å². The molecular weight excluding hydrogens is 464 g/mol. The van der Waals surface area contributed by atoms with Crippen LogP contribution in [0.2, 0.25) is 5.02 Å².